The second-order valence-electron chi connectivity index (χ2n) is 5.92. The maximum absolute atomic E-state index is 12.8. The molecule has 0 spiro atoms. The Hall–Kier alpha value is -1.98. The Kier molecular flexibility index (Phi) is 8.01. The maximum Gasteiger partial charge on any atom is 0.242 e. The van der Waals surface area contributed by atoms with E-state index in [2.05, 4.69) is 5.32 Å². The zero-order valence-corrected chi connectivity index (χ0v) is 16.5. The Balaban J connectivity index is 2.04. The van der Waals surface area contributed by atoms with Gasteiger partial charge in [0.15, 0.2) is 0 Å². The van der Waals surface area contributed by atoms with Crippen molar-refractivity contribution in [2.75, 3.05) is 12.8 Å². The number of benzene rings is 2. The van der Waals surface area contributed by atoms with Crippen LogP contribution < -0.4 is 5.32 Å². The zero-order chi connectivity index (χ0) is 18.9. The third kappa shape index (κ3) is 6.07. The Morgan fingerprint density at radius 1 is 1.12 bits per heavy atom. The molecule has 2 amide bonds. The number of halogens is 1. The molecule has 0 radical (unpaired) electrons. The fourth-order valence-electron chi connectivity index (χ4n) is 2.54. The summed E-state index contributed by atoms with van der Waals surface area (Å²) in [4.78, 5) is 26.4. The van der Waals surface area contributed by atoms with Gasteiger partial charge in [-0.15, -0.1) is 11.8 Å². The van der Waals surface area contributed by atoms with Crippen LogP contribution in [0.3, 0.4) is 0 Å². The average molecular weight is 391 g/mol. The van der Waals surface area contributed by atoms with E-state index in [1.807, 2.05) is 48.5 Å². The van der Waals surface area contributed by atoms with E-state index >= 15 is 0 Å². The summed E-state index contributed by atoms with van der Waals surface area (Å²) in [5.74, 6) is 0.818. The highest BCUT2D eigenvalue weighted by Crippen LogP contribution is 2.17. The second kappa shape index (κ2) is 10.2. The van der Waals surface area contributed by atoms with Crippen molar-refractivity contribution in [3.63, 3.8) is 0 Å². The number of nitrogens with zero attached hydrogens (tertiary/aromatic N) is 1. The van der Waals surface area contributed by atoms with Crippen LogP contribution >= 0.6 is 23.4 Å². The van der Waals surface area contributed by atoms with Crippen molar-refractivity contribution in [2.45, 2.75) is 25.3 Å². The molecule has 0 heterocycles. The standard InChI is InChI=1S/C20H23ClN2O2S/c1-15(20(25)22-2)23(12-17-9-6-10-18(21)11-17)19(24)14-26-13-16-7-4-3-5-8-16/h3-11,15H,12-14H2,1-2H3,(H,22,25). The van der Waals surface area contributed by atoms with Crippen LogP contribution in [0, 0.1) is 0 Å². The molecule has 138 valence electrons. The van der Waals surface area contributed by atoms with Gasteiger partial charge in [0, 0.05) is 24.4 Å². The molecule has 0 fully saturated rings. The van der Waals surface area contributed by atoms with Crippen molar-refractivity contribution >= 4 is 35.2 Å². The van der Waals surface area contributed by atoms with Gasteiger partial charge in [0.2, 0.25) is 11.8 Å². The van der Waals surface area contributed by atoms with Crippen LogP contribution in [-0.4, -0.2) is 35.6 Å². The highest BCUT2D eigenvalue weighted by molar-refractivity contribution is 7.99. The Labute approximate surface area is 163 Å². The molecule has 1 unspecified atom stereocenters. The molecule has 0 bridgehead atoms. The van der Waals surface area contributed by atoms with E-state index in [0.717, 1.165) is 11.3 Å². The second-order valence-corrected chi connectivity index (χ2v) is 7.34. The van der Waals surface area contributed by atoms with E-state index in [4.69, 9.17) is 11.6 Å². The molecule has 0 aromatic heterocycles. The first-order chi connectivity index (χ1) is 12.5. The van der Waals surface area contributed by atoms with Gasteiger partial charge in [-0.05, 0) is 30.2 Å². The number of carbonyl (C=O) groups excluding carboxylic acids is 2. The smallest absolute Gasteiger partial charge is 0.242 e. The Morgan fingerprint density at radius 2 is 1.81 bits per heavy atom. The van der Waals surface area contributed by atoms with Gasteiger partial charge < -0.3 is 10.2 Å². The number of nitrogens with one attached hydrogen (secondary N) is 1. The molecule has 0 aliphatic rings. The lowest BCUT2D eigenvalue weighted by Gasteiger charge is -2.28. The monoisotopic (exact) mass is 390 g/mol. The topological polar surface area (TPSA) is 49.4 Å². The number of likely N-dealkylation sites (N-methyl/N-ethyl adjacent to an activating group) is 1. The predicted octanol–water partition coefficient (Wildman–Crippen LogP) is 3.74. The molecule has 2 aromatic carbocycles. The van der Waals surface area contributed by atoms with Crippen LogP contribution in [0.4, 0.5) is 0 Å². The molecule has 2 rings (SSSR count). The van der Waals surface area contributed by atoms with E-state index in [0.29, 0.717) is 17.3 Å². The summed E-state index contributed by atoms with van der Waals surface area (Å²) < 4.78 is 0. The summed E-state index contributed by atoms with van der Waals surface area (Å²) in [5, 5.41) is 3.23. The average Bonchev–Trinajstić information content (AvgIpc) is 2.65. The minimum absolute atomic E-state index is 0.0676. The van der Waals surface area contributed by atoms with Gasteiger partial charge in [0.05, 0.1) is 5.75 Å². The lowest BCUT2D eigenvalue weighted by atomic mass is 10.1. The van der Waals surface area contributed by atoms with Gasteiger partial charge >= 0.3 is 0 Å². The normalized spacial score (nSPS) is 11.7. The first-order valence-corrected chi connectivity index (χ1v) is 9.91. The number of hydrogen-bond donors (Lipinski definition) is 1. The van der Waals surface area contributed by atoms with Crippen molar-refractivity contribution in [3.8, 4) is 0 Å². The van der Waals surface area contributed by atoms with Gasteiger partial charge in [-0.3, -0.25) is 9.59 Å². The quantitative estimate of drug-likeness (QED) is 0.747. The zero-order valence-electron chi connectivity index (χ0n) is 14.9. The largest absolute Gasteiger partial charge is 0.357 e. The van der Waals surface area contributed by atoms with Crippen LogP contribution in [0.25, 0.3) is 0 Å². The SMILES string of the molecule is CNC(=O)C(C)N(Cc1cccc(Cl)c1)C(=O)CSCc1ccccc1. The fraction of sp³-hybridized carbons (Fsp3) is 0.300. The van der Waals surface area contributed by atoms with Gasteiger partial charge in [-0.25, -0.2) is 0 Å². The first-order valence-electron chi connectivity index (χ1n) is 8.38. The lowest BCUT2D eigenvalue weighted by molar-refractivity contribution is -0.138. The number of thioether (sulfide) groups is 1. The number of amides is 2. The van der Waals surface area contributed by atoms with E-state index in [-0.39, 0.29) is 11.8 Å². The van der Waals surface area contributed by atoms with Crippen LogP contribution in [0.2, 0.25) is 5.02 Å². The van der Waals surface area contributed by atoms with Gasteiger partial charge in [0.25, 0.3) is 0 Å². The van der Waals surface area contributed by atoms with Crippen LogP contribution in [0.5, 0.6) is 0 Å². The van der Waals surface area contributed by atoms with E-state index in [1.54, 1.807) is 36.7 Å². The third-order valence-electron chi connectivity index (χ3n) is 3.99. The van der Waals surface area contributed by atoms with Crippen molar-refractivity contribution in [1.29, 1.82) is 0 Å². The van der Waals surface area contributed by atoms with Gasteiger partial charge in [-0.1, -0.05) is 54.1 Å². The maximum atomic E-state index is 12.8. The minimum Gasteiger partial charge on any atom is -0.357 e. The molecule has 6 heteroatoms. The molecule has 0 saturated heterocycles. The number of hydrogen-bond acceptors (Lipinski definition) is 3. The minimum atomic E-state index is -0.552. The molecular formula is C20H23ClN2O2S. The number of rotatable bonds is 8. The summed E-state index contributed by atoms with van der Waals surface area (Å²) in [5.41, 5.74) is 2.07. The summed E-state index contributed by atoms with van der Waals surface area (Å²) in [6.07, 6.45) is 0. The highest BCUT2D eigenvalue weighted by atomic mass is 35.5. The molecule has 0 aliphatic carbocycles. The molecule has 0 saturated carbocycles. The molecule has 2 aromatic rings. The molecule has 1 atom stereocenters. The van der Waals surface area contributed by atoms with Crippen LogP contribution in [-0.2, 0) is 21.9 Å². The van der Waals surface area contributed by atoms with E-state index in [1.165, 1.54) is 5.56 Å². The van der Waals surface area contributed by atoms with Crippen molar-refractivity contribution in [3.05, 3.63) is 70.7 Å². The molecule has 4 nitrogen and oxygen atoms in total. The van der Waals surface area contributed by atoms with Crippen molar-refractivity contribution < 1.29 is 9.59 Å². The molecule has 26 heavy (non-hydrogen) atoms. The van der Waals surface area contributed by atoms with E-state index < -0.39 is 6.04 Å². The highest BCUT2D eigenvalue weighted by Gasteiger charge is 2.25. The summed E-state index contributed by atoms with van der Waals surface area (Å²) >= 11 is 7.59. The van der Waals surface area contributed by atoms with Crippen molar-refractivity contribution in [1.82, 2.24) is 10.2 Å². The number of carbonyl (C=O) groups is 2. The summed E-state index contributed by atoms with van der Waals surface area (Å²) in [7, 11) is 1.57. The molecule has 0 aliphatic heterocycles. The van der Waals surface area contributed by atoms with Crippen LogP contribution in [0.1, 0.15) is 18.1 Å². The van der Waals surface area contributed by atoms with Gasteiger partial charge in [-0.2, -0.15) is 0 Å². The van der Waals surface area contributed by atoms with Gasteiger partial charge in [0.1, 0.15) is 6.04 Å². The lowest BCUT2D eigenvalue weighted by Crippen LogP contribution is -2.47. The van der Waals surface area contributed by atoms with E-state index in [9.17, 15) is 9.59 Å². The predicted molar refractivity (Wildman–Crippen MR) is 108 cm³/mol. The molecule has 1 N–H and O–H groups in total. The third-order valence-corrected chi connectivity index (χ3v) is 5.22. The van der Waals surface area contributed by atoms with Crippen LogP contribution in [0.15, 0.2) is 54.6 Å². The Bertz CT molecular complexity index is 740. The summed E-state index contributed by atoms with van der Waals surface area (Å²) in [6.45, 7) is 2.09. The molecular weight excluding hydrogens is 368 g/mol. The first kappa shape index (κ1) is 20.3. The summed E-state index contributed by atoms with van der Waals surface area (Å²) in [6, 6.07) is 16.8. The fourth-order valence-corrected chi connectivity index (χ4v) is 3.62. The van der Waals surface area contributed by atoms with Crippen molar-refractivity contribution in [2.24, 2.45) is 0 Å². The Morgan fingerprint density at radius 3 is 2.46 bits per heavy atom.